The highest BCUT2D eigenvalue weighted by Crippen LogP contribution is 2.07. The third kappa shape index (κ3) is 5.82. The Hall–Kier alpha value is -1.23. The fraction of sp³-hybridized carbons (Fsp3) is 0.562. The summed E-state index contributed by atoms with van der Waals surface area (Å²) in [6.07, 6.45) is 0.516. The number of methoxy groups -OCH3 is 2. The van der Waals surface area contributed by atoms with Crippen molar-refractivity contribution in [1.82, 2.24) is 4.90 Å². The van der Waals surface area contributed by atoms with Gasteiger partial charge < -0.3 is 9.47 Å². The van der Waals surface area contributed by atoms with Gasteiger partial charge in [0.2, 0.25) is 0 Å². The summed E-state index contributed by atoms with van der Waals surface area (Å²) in [4.78, 5) is 14.3. The highest BCUT2D eigenvalue weighted by molar-refractivity contribution is 5.96. The van der Waals surface area contributed by atoms with E-state index in [0.717, 1.165) is 18.7 Å². The highest BCUT2D eigenvalue weighted by Gasteiger charge is 2.15. The van der Waals surface area contributed by atoms with Crippen molar-refractivity contribution in [3.8, 4) is 0 Å². The van der Waals surface area contributed by atoms with Gasteiger partial charge in [-0.15, -0.1) is 0 Å². The maximum Gasteiger partial charge on any atom is 0.164 e. The number of Topliss-reactive ketones (excluding diaryl/α,β-unsaturated/α-hetero) is 1. The summed E-state index contributed by atoms with van der Waals surface area (Å²) in [6.45, 7) is 4.95. The zero-order chi connectivity index (χ0) is 14.8. The minimum absolute atomic E-state index is 0.178. The largest absolute Gasteiger partial charge is 0.383 e. The Morgan fingerprint density at radius 1 is 1.15 bits per heavy atom. The van der Waals surface area contributed by atoms with E-state index in [9.17, 15) is 4.79 Å². The van der Waals surface area contributed by atoms with Crippen molar-refractivity contribution in [2.75, 3.05) is 40.5 Å². The SMILES string of the molecule is COCCN(CCC(=O)c1ccccc1)C(C)COC. The van der Waals surface area contributed by atoms with E-state index in [0.29, 0.717) is 19.6 Å². The number of nitrogens with zero attached hydrogens (tertiary/aromatic N) is 1. The monoisotopic (exact) mass is 279 g/mol. The topological polar surface area (TPSA) is 38.8 Å². The van der Waals surface area contributed by atoms with Crippen LogP contribution in [0.2, 0.25) is 0 Å². The summed E-state index contributed by atoms with van der Waals surface area (Å²) >= 11 is 0. The number of rotatable bonds is 10. The molecule has 20 heavy (non-hydrogen) atoms. The fourth-order valence-electron chi connectivity index (χ4n) is 2.12. The minimum Gasteiger partial charge on any atom is -0.383 e. The van der Waals surface area contributed by atoms with Gasteiger partial charge in [0.25, 0.3) is 0 Å². The Kier molecular flexibility index (Phi) is 8.11. The van der Waals surface area contributed by atoms with Crippen molar-refractivity contribution in [3.05, 3.63) is 35.9 Å². The summed E-state index contributed by atoms with van der Waals surface area (Å²) < 4.78 is 10.3. The van der Waals surface area contributed by atoms with Crippen LogP contribution in [0.15, 0.2) is 30.3 Å². The van der Waals surface area contributed by atoms with Crippen LogP contribution in [0.1, 0.15) is 23.7 Å². The first-order valence-corrected chi connectivity index (χ1v) is 6.99. The summed E-state index contributed by atoms with van der Waals surface area (Å²) in [5, 5.41) is 0. The second-order valence-corrected chi connectivity index (χ2v) is 4.87. The molecule has 4 nitrogen and oxygen atoms in total. The second kappa shape index (κ2) is 9.64. The van der Waals surface area contributed by atoms with Gasteiger partial charge in [0.15, 0.2) is 5.78 Å². The molecule has 1 aromatic carbocycles. The molecule has 0 fully saturated rings. The summed E-state index contributed by atoms with van der Waals surface area (Å²) in [5.74, 6) is 0.178. The molecular formula is C16H25NO3. The molecule has 0 saturated carbocycles. The van der Waals surface area contributed by atoms with Gasteiger partial charge in [-0.2, -0.15) is 0 Å². The molecule has 112 valence electrons. The molecule has 0 saturated heterocycles. The normalized spacial score (nSPS) is 12.6. The van der Waals surface area contributed by atoms with E-state index < -0.39 is 0 Å². The smallest absolute Gasteiger partial charge is 0.164 e. The van der Waals surface area contributed by atoms with Crippen LogP contribution in [-0.4, -0.2) is 57.2 Å². The molecule has 0 radical (unpaired) electrons. The lowest BCUT2D eigenvalue weighted by molar-refractivity contribution is 0.0703. The molecule has 1 atom stereocenters. The Bertz CT molecular complexity index is 381. The standard InChI is InChI=1S/C16H25NO3/c1-14(13-20-3)17(11-12-19-2)10-9-16(18)15-7-5-4-6-8-15/h4-8,14H,9-13H2,1-3H3. The van der Waals surface area contributed by atoms with Gasteiger partial charge in [-0.1, -0.05) is 30.3 Å². The van der Waals surface area contributed by atoms with Gasteiger partial charge in [-0.25, -0.2) is 0 Å². The Morgan fingerprint density at radius 2 is 1.85 bits per heavy atom. The van der Waals surface area contributed by atoms with E-state index in [1.165, 1.54) is 0 Å². The van der Waals surface area contributed by atoms with Crippen molar-refractivity contribution in [1.29, 1.82) is 0 Å². The number of ether oxygens (including phenoxy) is 2. The zero-order valence-corrected chi connectivity index (χ0v) is 12.7. The number of ketones is 1. The lowest BCUT2D eigenvalue weighted by Gasteiger charge is -2.28. The van der Waals surface area contributed by atoms with Gasteiger partial charge in [0.05, 0.1) is 13.2 Å². The van der Waals surface area contributed by atoms with Crippen LogP contribution in [0, 0.1) is 0 Å². The lowest BCUT2D eigenvalue weighted by Crippen LogP contribution is -2.39. The molecule has 0 N–H and O–H groups in total. The molecule has 1 rings (SSSR count). The van der Waals surface area contributed by atoms with Crippen molar-refractivity contribution in [3.63, 3.8) is 0 Å². The molecule has 0 aliphatic carbocycles. The number of carbonyl (C=O) groups excluding carboxylic acids is 1. The van der Waals surface area contributed by atoms with Gasteiger partial charge in [0, 0.05) is 45.3 Å². The minimum atomic E-state index is 0.178. The predicted molar refractivity (Wildman–Crippen MR) is 80.2 cm³/mol. The highest BCUT2D eigenvalue weighted by atomic mass is 16.5. The molecule has 0 aliphatic rings. The first-order chi connectivity index (χ1) is 9.69. The van der Waals surface area contributed by atoms with Gasteiger partial charge in [0.1, 0.15) is 0 Å². The summed E-state index contributed by atoms with van der Waals surface area (Å²) in [7, 11) is 3.38. The molecule has 0 bridgehead atoms. The van der Waals surface area contributed by atoms with Gasteiger partial charge in [-0.3, -0.25) is 9.69 Å². The number of carbonyl (C=O) groups is 1. The molecule has 1 aromatic rings. The van der Waals surface area contributed by atoms with E-state index >= 15 is 0 Å². The van der Waals surface area contributed by atoms with Crippen LogP contribution in [0.4, 0.5) is 0 Å². The van der Waals surface area contributed by atoms with Crippen LogP contribution in [-0.2, 0) is 9.47 Å². The fourth-order valence-corrected chi connectivity index (χ4v) is 2.12. The van der Waals surface area contributed by atoms with Crippen molar-refractivity contribution in [2.45, 2.75) is 19.4 Å². The predicted octanol–water partition coefficient (Wildman–Crippen LogP) is 2.24. The van der Waals surface area contributed by atoms with E-state index in [1.807, 2.05) is 30.3 Å². The Balaban J connectivity index is 2.50. The molecule has 0 aliphatic heterocycles. The number of benzene rings is 1. The molecule has 0 amide bonds. The van der Waals surface area contributed by atoms with Crippen LogP contribution in [0.25, 0.3) is 0 Å². The van der Waals surface area contributed by atoms with Gasteiger partial charge in [-0.05, 0) is 6.92 Å². The van der Waals surface area contributed by atoms with Crippen LogP contribution in [0.5, 0.6) is 0 Å². The molecule has 0 heterocycles. The van der Waals surface area contributed by atoms with Crippen molar-refractivity contribution in [2.24, 2.45) is 0 Å². The van der Waals surface area contributed by atoms with Gasteiger partial charge >= 0.3 is 0 Å². The molecular weight excluding hydrogens is 254 g/mol. The van der Waals surface area contributed by atoms with Crippen LogP contribution < -0.4 is 0 Å². The third-order valence-corrected chi connectivity index (χ3v) is 3.34. The average Bonchev–Trinajstić information content (AvgIpc) is 2.48. The van der Waals surface area contributed by atoms with E-state index in [-0.39, 0.29) is 11.8 Å². The second-order valence-electron chi connectivity index (χ2n) is 4.87. The Morgan fingerprint density at radius 3 is 2.45 bits per heavy atom. The average molecular weight is 279 g/mol. The Labute approximate surface area is 121 Å². The quantitative estimate of drug-likeness (QED) is 0.616. The van der Waals surface area contributed by atoms with E-state index in [2.05, 4.69) is 11.8 Å². The maximum atomic E-state index is 12.1. The first-order valence-electron chi connectivity index (χ1n) is 6.99. The maximum absolute atomic E-state index is 12.1. The number of hydrogen-bond donors (Lipinski definition) is 0. The molecule has 4 heteroatoms. The van der Waals surface area contributed by atoms with E-state index in [4.69, 9.17) is 9.47 Å². The van der Waals surface area contributed by atoms with Crippen molar-refractivity contribution < 1.29 is 14.3 Å². The molecule has 1 unspecified atom stereocenters. The lowest BCUT2D eigenvalue weighted by atomic mass is 10.1. The van der Waals surface area contributed by atoms with Crippen LogP contribution >= 0.6 is 0 Å². The third-order valence-electron chi connectivity index (χ3n) is 3.34. The molecule has 0 spiro atoms. The first kappa shape index (κ1) is 16.8. The summed E-state index contributed by atoms with van der Waals surface area (Å²) in [6, 6.07) is 9.70. The van der Waals surface area contributed by atoms with Crippen LogP contribution in [0.3, 0.4) is 0 Å². The van der Waals surface area contributed by atoms with Crippen molar-refractivity contribution >= 4 is 5.78 Å². The number of hydrogen-bond acceptors (Lipinski definition) is 4. The molecule has 0 aromatic heterocycles. The van der Waals surface area contributed by atoms with E-state index in [1.54, 1.807) is 14.2 Å². The summed E-state index contributed by atoms with van der Waals surface area (Å²) in [5.41, 5.74) is 0.776. The zero-order valence-electron chi connectivity index (χ0n) is 12.7.